The molecule has 2 aromatic rings. The number of carbonyl (C=O) groups is 1. The molecule has 0 aliphatic carbocycles. The summed E-state index contributed by atoms with van der Waals surface area (Å²) in [6.45, 7) is 3.87. The molecule has 2 aromatic heterocycles. The van der Waals surface area contributed by atoms with Crippen molar-refractivity contribution in [3.05, 3.63) is 33.8 Å². The Morgan fingerprint density at radius 1 is 1.31 bits per heavy atom. The third-order valence-electron chi connectivity index (χ3n) is 2.11. The second-order valence-electron chi connectivity index (χ2n) is 3.35. The quantitative estimate of drug-likeness (QED) is 0.867. The molecule has 0 amide bonds. The SMILES string of the molecule is Cc1nc(-c2cccc(C(=O)O)n2)c(C)s1. The number of pyridine rings is 1. The minimum absolute atomic E-state index is 0.0440. The molecule has 0 saturated heterocycles. The highest BCUT2D eigenvalue weighted by Crippen LogP contribution is 2.25. The number of aromatic nitrogens is 2. The number of hydrogen-bond donors (Lipinski definition) is 1. The summed E-state index contributed by atoms with van der Waals surface area (Å²) in [4.78, 5) is 20.2. The summed E-state index contributed by atoms with van der Waals surface area (Å²) in [5.41, 5.74) is 1.43. The van der Waals surface area contributed by atoms with Gasteiger partial charge in [0, 0.05) is 4.88 Å². The van der Waals surface area contributed by atoms with Crippen molar-refractivity contribution >= 4 is 17.3 Å². The third-order valence-corrected chi connectivity index (χ3v) is 3.00. The van der Waals surface area contributed by atoms with Crippen molar-refractivity contribution in [2.75, 3.05) is 0 Å². The normalized spacial score (nSPS) is 10.4. The molecule has 0 aromatic carbocycles. The first-order valence-electron chi connectivity index (χ1n) is 4.72. The fourth-order valence-corrected chi connectivity index (χ4v) is 2.28. The first-order chi connectivity index (χ1) is 7.58. The van der Waals surface area contributed by atoms with Crippen molar-refractivity contribution in [3.63, 3.8) is 0 Å². The van der Waals surface area contributed by atoms with Gasteiger partial charge in [-0.2, -0.15) is 0 Å². The number of rotatable bonds is 2. The summed E-state index contributed by atoms with van der Waals surface area (Å²) in [6, 6.07) is 4.92. The zero-order chi connectivity index (χ0) is 11.7. The lowest BCUT2D eigenvalue weighted by atomic mass is 10.2. The van der Waals surface area contributed by atoms with Crippen LogP contribution < -0.4 is 0 Å². The smallest absolute Gasteiger partial charge is 0.354 e. The molecule has 4 nitrogen and oxygen atoms in total. The van der Waals surface area contributed by atoms with Crippen LogP contribution in [0.3, 0.4) is 0 Å². The highest BCUT2D eigenvalue weighted by Gasteiger charge is 2.11. The van der Waals surface area contributed by atoms with E-state index in [4.69, 9.17) is 5.11 Å². The van der Waals surface area contributed by atoms with E-state index in [2.05, 4.69) is 9.97 Å². The molecule has 0 aliphatic rings. The van der Waals surface area contributed by atoms with Crippen LogP contribution in [0.2, 0.25) is 0 Å². The van der Waals surface area contributed by atoms with Crippen LogP contribution in [0.15, 0.2) is 18.2 Å². The highest BCUT2D eigenvalue weighted by atomic mass is 32.1. The van der Waals surface area contributed by atoms with Crippen molar-refractivity contribution in [2.24, 2.45) is 0 Å². The second-order valence-corrected chi connectivity index (χ2v) is 4.76. The van der Waals surface area contributed by atoms with Crippen LogP contribution in [0.25, 0.3) is 11.4 Å². The summed E-state index contributed by atoms with van der Waals surface area (Å²) in [7, 11) is 0. The van der Waals surface area contributed by atoms with E-state index in [0.29, 0.717) is 5.69 Å². The predicted octanol–water partition coefficient (Wildman–Crippen LogP) is 2.52. The fourth-order valence-electron chi connectivity index (χ4n) is 1.45. The summed E-state index contributed by atoms with van der Waals surface area (Å²) in [6.07, 6.45) is 0. The Kier molecular flexibility index (Phi) is 2.70. The van der Waals surface area contributed by atoms with Crippen molar-refractivity contribution in [1.82, 2.24) is 9.97 Å². The van der Waals surface area contributed by atoms with Crippen LogP contribution in [-0.4, -0.2) is 21.0 Å². The van der Waals surface area contributed by atoms with Crippen molar-refractivity contribution in [3.8, 4) is 11.4 Å². The maximum atomic E-state index is 10.8. The lowest BCUT2D eigenvalue weighted by molar-refractivity contribution is 0.0690. The molecule has 0 fully saturated rings. The van der Waals surface area contributed by atoms with Crippen molar-refractivity contribution in [2.45, 2.75) is 13.8 Å². The molecule has 1 N–H and O–H groups in total. The Morgan fingerprint density at radius 3 is 2.62 bits per heavy atom. The Balaban J connectivity index is 2.52. The van der Waals surface area contributed by atoms with Crippen LogP contribution in [0, 0.1) is 13.8 Å². The van der Waals surface area contributed by atoms with E-state index in [0.717, 1.165) is 15.6 Å². The molecule has 5 heteroatoms. The maximum Gasteiger partial charge on any atom is 0.354 e. The van der Waals surface area contributed by atoms with Crippen LogP contribution in [0.4, 0.5) is 0 Å². The van der Waals surface area contributed by atoms with Gasteiger partial charge in [0.25, 0.3) is 0 Å². The van der Waals surface area contributed by atoms with E-state index in [1.165, 1.54) is 6.07 Å². The first kappa shape index (κ1) is 10.8. The Labute approximate surface area is 96.6 Å². The van der Waals surface area contributed by atoms with Crippen molar-refractivity contribution in [1.29, 1.82) is 0 Å². The molecule has 2 heterocycles. The van der Waals surface area contributed by atoms with Crippen LogP contribution in [0.1, 0.15) is 20.4 Å². The van der Waals surface area contributed by atoms with Gasteiger partial charge in [-0.1, -0.05) is 6.07 Å². The summed E-state index contributed by atoms with van der Waals surface area (Å²) in [5.74, 6) is -1.02. The average molecular weight is 234 g/mol. The van der Waals surface area contributed by atoms with E-state index in [1.54, 1.807) is 23.5 Å². The van der Waals surface area contributed by atoms with Crippen molar-refractivity contribution < 1.29 is 9.90 Å². The molecular weight excluding hydrogens is 224 g/mol. The predicted molar refractivity (Wildman–Crippen MR) is 61.8 cm³/mol. The Hall–Kier alpha value is -1.75. The Bertz CT molecular complexity index is 549. The monoisotopic (exact) mass is 234 g/mol. The number of carboxylic acid groups (broad SMARTS) is 1. The number of aryl methyl sites for hydroxylation is 2. The van der Waals surface area contributed by atoms with E-state index in [9.17, 15) is 4.79 Å². The molecule has 16 heavy (non-hydrogen) atoms. The van der Waals surface area contributed by atoms with E-state index in [-0.39, 0.29) is 5.69 Å². The second kappa shape index (κ2) is 4.02. The van der Waals surface area contributed by atoms with Gasteiger partial charge in [0.15, 0.2) is 0 Å². The standard InChI is InChI=1S/C11H10N2O2S/c1-6-10(12-7(2)16-6)8-4-3-5-9(13-8)11(14)15/h3-5H,1-2H3,(H,14,15). The fraction of sp³-hybridized carbons (Fsp3) is 0.182. The summed E-state index contributed by atoms with van der Waals surface area (Å²) in [5, 5.41) is 9.80. The average Bonchev–Trinajstić information content (AvgIpc) is 2.58. The van der Waals surface area contributed by atoms with Crippen LogP contribution in [0.5, 0.6) is 0 Å². The zero-order valence-electron chi connectivity index (χ0n) is 8.89. The molecule has 2 rings (SSSR count). The number of hydrogen-bond acceptors (Lipinski definition) is 4. The first-order valence-corrected chi connectivity index (χ1v) is 5.54. The van der Waals surface area contributed by atoms with Gasteiger partial charge < -0.3 is 5.11 Å². The lowest BCUT2D eigenvalue weighted by Gasteiger charge is -1.99. The largest absolute Gasteiger partial charge is 0.477 e. The molecule has 0 radical (unpaired) electrons. The molecule has 0 atom stereocenters. The number of aromatic carboxylic acids is 1. The zero-order valence-corrected chi connectivity index (χ0v) is 9.71. The highest BCUT2D eigenvalue weighted by molar-refractivity contribution is 7.11. The molecule has 0 unspecified atom stereocenters. The molecule has 0 bridgehead atoms. The molecule has 0 saturated carbocycles. The van der Waals surface area contributed by atoms with Gasteiger partial charge >= 0.3 is 5.97 Å². The Morgan fingerprint density at radius 2 is 2.06 bits per heavy atom. The van der Waals surface area contributed by atoms with E-state index < -0.39 is 5.97 Å². The van der Waals surface area contributed by atoms with Gasteiger partial charge in [-0.25, -0.2) is 14.8 Å². The minimum atomic E-state index is -1.02. The van der Waals surface area contributed by atoms with E-state index >= 15 is 0 Å². The number of carboxylic acids is 1. The maximum absolute atomic E-state index is 10.8. The van der Waals surface area contributed by atoms with Gasteiger partial charge in [-0.3, -0.25) is 0 Å². The third kappa shape index (κ3) is 1.94. The van der Waals surface area contributed by atoms with Crippen LogP contribution >= 0.6 is 11.3 Å². The molecular formula is C11H10N2O2S. The van der Waals surface area contributed by atoms with Gasteiger partial charge in [0.05, 0.1) is 10.7 Å². The molecule has 82 valence electrons. The molecule has 0 spiro atoms. The lowest BCUT2D eigenvalue weighted by Crippen LogP contribution is -2.00. The van der Waals surface area contributed by atoms with Crippen LogP contribution in [-0.2, 0) is 0 Å². The van der Waals surface area contributed by atoms with Gasteiger partial charge in [0.2, 0.25) is 0 Å². The minimum Gasteiger partial charge on any atom is -0.477 e. The molecule has 0 aliphatic heterocycles. The van der Waals surface area contributed by atoms with Gasteiger partial charge in [0.1, 0.15) is 11.4 Å². The summed E-state index contributed by atoms with van der Waals surface area (Å²) >= 11 is 1.58. The summed E-state index contributed by atoms with van der Waals surface area (Å²) < 4.78 is 0. The van der Waals surface area contributed by atoms with E-state index in [1.807, 2.05) is 13.8 Å². The van der Waals surface area contributed by atoms with Gasteiger partial charge in [-0.15, -0.1) is 11.3 Å². The number of nitrogens with zero attached hydrogens (tertiary/aromatic N) is 2. The van der Waals surface area contributed by atoms with Gasteiger partial charge in [-0.05, 0) is 26.0 Å². The number of thiazole rings is 1. The topological polar surface area (TPSA) is 63.1 Å².